The summed E-state index contributed by atoms with van der Waals surface area (Å²) < 4.78 is 12.2. The van der Waals surface area contributed by atoms with Crippen molar-refractivity contribution in [3.8, 4) is 0 Å². The minimum atomic E-state index is -0.0727. The second-order valence-corrected chi connectivity index (χ2v) is 7.80. The van der Waals surface area contributed by atoms with E-state index >= 15 is 0 Å². The topological polar surface area (TPSA) is 34.4 Å². The van der Waals surface area contributed by atoms with Crippen LogP contribution in [0.2, 0.25) is 4.34 Å². The fourth-order valence-electron chi connectivity index (χ4n) is 2.85. The summed E-state index contributed by atoms with van der Waals surface area (Å²) in [5, 5.41) is 3.72. The molecule has 3 rings (SSSR count). The SMILES string of the molecule is CC1(C)CC(NC(c2ccco2)c2ccc(Cl)s2)CCO1. The number of hydrogen-bond acceptors (Lipinski definition) is 4. The smallest absolute Gasteiger partial charge is 0.126 e. The van der Waals surface area contributed by atoms with Gasteiger partial charge >= 0.3 is 0 Å². The molecule has 2 aromatic heterocycles. The Kier molecular flexibility index (Phi) is 4.41. The molecule has 3 nitrogen and oxygen atoms in total. The molecule has 0 amide bonds. The van der Waals surface area contributed by atoms with Gasteiger partial charge in [0, 0.05) is 17.5 Å². The normalized spacial score (nSPS) is 23.1. The molecular formula is C16H20ClNO2S. The van der Waals surface area contributed by atoms with Crippen molar-refractivity contribution in [1.29, 1.82) is 0 Å². The fourth-order valence-corrected chi connectivity index (χ4v) is 3.98. The van der Waals surface area contributed by atoms with Crippen molar-refractivity contribution in [3.63, 3.8) is 0 Å². The van der Waals surface area contributed by atoms with Gasteiger partial charge in [0.2, 0.25) is 0 Å². The van der Waals surface area contributed by atoms with Gasteiger partial charge in [-0.15, -0.1) is 11.3 Å². The van der Waals surface area contributed by atoms with Crippen molar-refractivity contribution in [2.24, 2.45) is 0 Å². The number of hydrogen-bond donors (Lipinski definition) is 1. The van der Waals surface area contributed by atoms with Gasteiger partial charge in [0.05, 0.1) is 16.2 Å². The van der Waals surface area contributed by atoms with E-state index in [1.54, 1.807) is 17.6 Å². The maximum absolute atomic E-state index is 6.09. The van der Waals surface area contributed by atoms with E-state index in [1.165, 1.54) is 4.88 Å². The lowest BCUT2D eigenvalue weighted by atomic mass is 9.93. The van der Waals surface area contributed by atoms with Crippen molar-refractivity contribution in [2.75, 3.05) is 6.61 Å². The Bertz CT molecular complexity index is 579. The first kappa shape index (κ1) is 15.1. The van der Waals surface area contributed by atoms with E-state index in [2.05, 4.69) is 25.2 Å². The van der Waals surface area contributed by atoms with Crippen LogP contribution >= 0.6 is 22.9 Å². The Morgan fingerprint density at radius 1 is 1.38 bits per heavy atom. The molecule has 2 unspecified atom stereocenters. The van der Waals surface area contributed by atoms with Crippen LogP contribution in [0, 0.1) is 0 Å². The third-order valence-corrected chi connectivity index (χ3v) is 5.10. The average Bonchev–Trinajstić information content (AvgIpc) is 3.06. The van der Waals surface area contributed by atoms with Gasteiger partial charge in [-0.2, -0.15) is 0 Å². The Morgan fingerprint density at radius 2 is 2.24 bits per heavy atom. The van der Waals surface area contributed by atoms with Crippen molar-refractivity contribution in [1.82, 2.24) is 5.32 Å². The van der Waals surface area contributed by atoms with Gasteiger partial charge in [0.15, 0.2) is 0 Å². The summed E-state index contributed by atoms with van der Waals surface area (Å²) in [6, 6.07) is 8.40. The third kappa shape index (κ3) is 3.69. The first-order valence-corrected chi connectivity index (χ1v) is 8.42. The Labute approximate surface area is 134 Å². The van der Waals surface area contributed by atoms with Crippen molar-refractivity contribution < 1.29 is 9.15 Å². The van der Waals surface area contributed by atoms with Crippen LogP contribution in [0.3, 0.4) is 0 Å². The number of ether oxygens (including phenoxy) is 1. The molecule has 1 N–H and O–H groups in total. The Morgan fingerprint density at radius 3 is 2.86 bits per heavy atom. The first-order chi connectivity index (χ1) is 10.0. The molecule has 0 aliphatic carbocycles. The predicted octanol–water partition coefficient (Wildman–Crippen LogP) is 4.63. The van der Waals surface area contributed by atoms with Crippen LogP contribution in [-0.4, -0.2) is 18.2 Å². The molecule has 0 radical (unpaired) electrons. The lowest BCUT2D eigenvalue weighted by Crippen LogP contribution is -2.44. The quantitative estimate of drug-likeness (QED) is 0.889. The highest BCUT2D eigenvalue weighted by molar-refractivity contribution is 7.16. The number of nitrogens with one attached hydrogen (secondary N) is 1. The highest BCUT2D eigenvalue weighted by Gasteiger charge is 2.31. The molecule has 0 spiro atoms. The fraction of sp³-hybridized carbons (Fsp3) is 0.500. The summed E-state index contributed by atoms with van der Waals surface area (Å²) in [6.45, 7) is 5.08. The van der Waals surface area contributed by atoms with Gasteiger partial charge in [-0.25, -0.2) is 0 Å². The lowest BCUT2D eigenvalue weighted by molar-refractivity contribution is -0.0639. The monoisotopic (exact) mass is 325 g/mol. The zero-order valence-electron chi connectivity index (χ0n) is 12.3. The molecule has 2 aromatic rings. The lowest BCUT2D eigenvalue weighted by Gasteiger charge is -2.37. The van der Waals surface area contributed by atoms with Gasteiger partial charge in [-0.3, -0.25) is 5.32 Å². The molecule has 1 aliphatic rings. The van der Waals surface area contributed by atoms with Crippen LogP contribution in [0.25, 0.3) is 0 Å². The summed E-state index contributed by atoms with van der Waals surface area (Å²) in [6.07, 6.45) is 3.72. The average molecular weight is 326 g/mol. The maximum atomic E-state index is 6.09. The summed E-state index contributed by atoms with van der Waals surface area (Å²) >= 11 is 7.69. The molecule has 1 saturated heterocycles. The minimum absolute atomic E-state index is 0.0522. The van der Waals surface area contributed by atoms with Crippen molar-refractivity contribution >= 4 is 22.9 Å². The van der Waals surface area contributed by atoms with Gasteiger partial charge in [0.1, 0.15) is 11.8 Å². The van der Waals surface area contributed by atoms with E-state index in [0.717, 1.165) is 29.5 Å². The van der Waals surface area contributed by atoms with E-state index < -0.39 is 0 Å². The molecule has 0 aromatic carbocycles. The van der Waals surface area contributed by atoms with Crippen molar-refractivity contribution in [2.45, 2.75) is 44.4 Å². The highest BCUT2D eigenvalue weighted by atomic mass is 35.5. The van der Waals surface area contributed by atoms with Crippen LogP contribution in [0.15, 0.2) is 34.9 Å². The van der Waals surface area contributed by atoms with E-state index in [4.69, 9.17) is 20.8 Å². The number of furan rings is 1. The van der Waals surface area contributed by atoms with E-state index in [0.29, 0.717) is 6.04 Å². The molecule has 0 bridgehead atoms. The number of halogens is 1. The van der Waals surface area contributed by atoms with Crippen LogP contribution in [-0.2, 0) is 4.74 Å². The second-order valence-electron chi connectivity index (χ2n) is 6.05. The molecule has 114 valence electrons. The predicted molar refractivity (Wildman–Crippen MR) is 86.1 cm³/mol. The molecule has 1 aliphatic heterocycles. The van der Waals surface area contributed by atoms with Gasteiger partial charge in [-0.1, -0.05) is 11.6 Å². The molecule has 0 saturated carbocycles. The standard InChI is InChI=1S/C16H20ClNO2S/c1-16(2)10-11(7-9-20-16)18-15(12-4-3-8-19-12)13-5-6-14(17)21-13/h3-6,8,11,15,18H,7,9-10H2,1-2H3. The Balaban J connectivity index is 1.80. The first-order valence-electron chi connectivity index (χ1n) is 7.22. The van der Waals surface area contributed by atoms with Gasteiger partial charge in [0.25, 0.3) is 0 Å². The van der Waals surface area contributed by atoms with Crippen LogP contribution < -0.4 is 5.32 Å². The molecule has 1 fully saturated rings. The van der Waals surface area contributed by atoms with Crippen LogP contribution in [0.5, 0.6) is 0 Å². The maximum Gasteiger partial charge on any atom is 0.126 e. The summed E-state index contributed by atoms with van der Waals surface area (Å²) in [5.74, 6) is 0.929. The highest BCUT2D eigenvalue weighted by Crippen LogP contribution is 2.33. The molecule has 5 heteroatoms. The zero-order chi connectivity index (χ0) is 14.9. The molecular weight excluding hydrogens is 306 g/mol. The van der Waals surface area contributed by atoms with E-state index in [-0.39, 0.29) is 11.6 Å². The number of thiophene rings is 1. The summed E-state index contributed by atoms with van der Waals surface area (Å²) in [5.41, 5.74) is -0.0727. The van der Waals surface area contributed by atoms with Crippen LogP contribution in [0.1, 0.15) is 43.4 Å². The largest absolute Gasteiger partial charge is 0.467 e. The van der Waals surface area contributed by atoms with Gasteiger partial charge < -0.3 is 9.15 Å². The summed E-state index contributed by atoms with van der Waals surface area (Å²) in [7, 11) is 0. The molecule has 3 heterocycles. The second kappa shape index (κ2) is 6.13. The minimum Gasteiger partial charge on any atom is -0.467 e. The zero-order valence-corrected chi connectivity index (χ0v) is 13.8. The summed E-state index contributed by atoms with van der Waals surface area (Å²) in [4.78, 5) is 1.18. The molecule has 2 atom stereocenters. The Hall–Kier alpha value is -0.810. The van der Waals surface area contributed by atoms with E-state index in [1.807, 2.05) is 18.2 Å². The van der Waals surface area contributed by atoms with Crippen LogP contribution in [0.4, 0.5) is 0 Å². The molecule has 21 heavy (non-hydrogen) atoms. The van der Waals surface area contributed by atoms with Crippen molar-refractivity contribution in [3.05, 3.63) is 45.5 Å². The number of rotatable bonds is 4. The van der Waals surface area contributed by atoms with E-state index in [9.17, 15) is 0 Å². The van der Waals surface area contributed by atoms with Gasteiger partial charge in [-0.05, 0) is 51.0 Å². The third-order valence-electron chi connectivity index (χ3n) is 3.81.